The standard InChI is InChI=1S/C17H30O4/c1-10(2)12-6-8-16(4)13(19)7-9-17(5,20)15(16)14(12)21-11(3)18/h10,12-15,19-20H,6-9H2,1-5H3. The van der Waals surface area contributed by atoms with E-state index in [1.165, 1.54) is 6.92 Å². The minimum atomic E-state index is -0.901. The lowest BCUT2D eigenvalue weighted by molar-refractivity contribution is -0.229. The van der Waals surface area contributed by atoms with Gasteiger partial charge in [-0.1, -0.05) is 20.8 Å². The van der Waals surface area contributed by atoms with Gasteiger partial charge >= 0.3 is 5.97 Å². The Bertz CT molecular complexity index is 404. The maximum absolute atomic E-state index is 11.6. The number of rotatable bonds is 2. The topological polar surface area (TPSA) is 66.8 Å². The molecule has 0 saturated heterocycles. The van der Waals surface area contributed by atoms with E-state index in [4.69, 9.17) is 4.74 Å². The monoisotopic (exact) mass is 298 g/mol. The summed E-state index contributed by atoms with van der Waals surface area (Å²) < 4.78 is 5.67. The number of carbonyl (C=O) groups excluding carboxylic acids is 1. The van der Waals surface area contributed by atoms with Crippen molar-refractivity contribution in [1.29, 1.82) is 0 Å². The zero-order chi connectivity index (χ0) is 16.0. The van der Waals surface area contributed by atoms with Gasteiger partial charge in [0.1, 0.15) is 6.10 Å². The quantitative estimate of drug-likeness (QED) is 0.769. The molecule has 0 spiro atoms. The van der Waals surface area contributed by atoms with E-state index in [-0.39, 0.29) is 29.3 Å². The van der Waals surface area contributed by atoms with Gasteiger partial charge in [-0.3, -0.25) is 4.79 Å². The third kappa shape index (κ3) is 2.85. The molecule has 0 aromatic rings. The fourth-order valence-electron chi connectivity index (χ4n) is 4.83. The van der Waals surface area contributed by atoms with Crippen molar-refractivity contribution in [2.24, 2.45) is 23.2 Å². The van der Waals surface area contributed by atoms with Crippen LogP contribution in [0.25, 0.3) is 0 Å². The van der Waals surface area contributed by atoms with Gasteiger partial charge < -0.3 is 14.9 Å². The average Bonchev–Trinajstić information content (AvgIpc) is 2.33. The van der Waals surface area contributed by atoms with E-state index in [9.17, 15) is 15.0 Å². The van der Waals surface area contributed by atoms with Crippen LogP contribution in [0.4, 0.5) is 0 Å². The van der Waals surface area contributed by atoms with Gasteiger partial charge in [0.05, 0.1) is 11.7 Å². The minimum absolute atomic E-state index is 0.209. The van der Waals surface area contributed by atoms with Crippen molar-refractivity contribution < 1.29 is 19.7 Å². The molecular weight excluding hydrogens is 268 g/mol. The smallest absolute Gasteiger partial charge is 0.302 e. The molecule has 0 aromatic heterocycles. The van der Waals surface area contributed by atoms with Gasteiger partial charge in [0.15, 0.2) is 0 Å². The third-order valence-corrected chi connectivity index (χ3v) is 5.99. The van der Waals surface area contributed by atoms with Crippen LogP contribution in [-0.2, 0) is 9.53 Å². The fraction of sp³-hybridized carbons (Fsp3) is 0.941. The molecule has 4 heteroatoms. The zero-order valence-corrected chi connectivity index (χ0v) is 13.9. The number of aliphatic hydroxyl groups is 2. The van der Waals surface area contributed by atoms with Gasteiger partial charge in [0.2, 0.25) is 0 Å². The molecule has 2 rings (SSSR count). The van der Waals surface area contributed by atoms with Gasteiger partial charge in [0.25, 0.3) is 0 Å². The van der Waals surface area contributed by atoms with Gasteiger partial charge in [0, 0.05) is 18.3 Å². The van der Waals surface area contributed by atoms with Gasteiger partial charge in [-0.05, 0) is 44.4 Å². The highest BCUT2D eigenvalue weighted by molar-refractivity contribution is 5.66. The van der Waals surface area contributed by atoms with E-state index < -0.39 is 11.7 Å². The summed E-state index contributed by atoms with van der Waals surface area (Å²) >= 11 is 0. The largest absolute Gasteiger partial charge is 0.462 e. The Morgan fingerprint density at radius 1 is 1.24 bits per heavy atom. The Morgan fingerprint density at radius 3 is 2.38 bits per heavy atom. The molecule has 6 atom stereocenters. The van der Waals surface area contributed by atoms with Crippen LogP contribution in [0.1, 0.15) is 60.3 Å². The number of hydrogen-bond donors (Lipinski definition) is 2. The van der Waals surface area contributed by atoms with Crippen LogP contribution in [0.15, 0.2) is 0 Å². The molecule has 0 bridgehead atoms. The van der Waals surface area contributed by atoms with E-state index >= 15 is 0 Å². The maximum atomic E-state index is 11.6. The summed E-state index contributed by atoms with van der Waals surface area (Å²) in [6.45, 7) is 9.58. The van der Waals surface area contributed by atoms with Gasteiger partial charge in [-0.25, -0.2) is 0 Å². The Hall–Kier alpha value is -0.610. The highest BCUT2D eigenvalue weighted by atomic mass is 16.5. The first-order chi connectivity index (χ1) is 9.59. The second kappa shape index (κ2) is 5.54. The molecule has 0 amide bonds. The van der Waals surface area contributed by atoms with E-state index in [1.54, 1.807) is 0 Å². The first-order valence-corrected chi connectivity index (χ1v) is 8.17. The van der Waals surface area contributed by atoms with Crippen LogP contribution in [0.2, 0.25) is 0 Å². The molecule has 4 nitrogen and oxygen atoms in total. The summed E-state index contributed by atoms with van der Waals surface area (Å²) in [5.74, 6) is 0.113. The van der Waals surface area contributed by atoms with Crippen molar-refractivity contribution >= 4 is 5.97 Å². The maximum Gasteiger partial charge on any atom is 0.302 e. The van der Waals surface area contributed by atoms with Crippen LogP contribution in [0.3, 0.4) is 0 Å². The van der Waals surface area contributed by atoms with E-state index in [1.807, 2.05) is 13.8 Å². The molecule has 21 heavy (non-hydrogen) atoms. The zero-order valence-electron chi connectivity index (χ0n) is 13.9. The normalized spacial score (nSPS) is 47.0. The van der Waals surface area contributed by atoms with Crippen LogP contribution in [-0.4, -0.2) is 34.0 Å². The Kier molecular flexibility index (Phi) is 4.42. The summed E-state index contributed by atoms with van der Waals surface area (Å²) in [7, 11) is 0. The Morgan fingerprint density at radius 2 is 1.86 bits per heavy atom. The lowest BCUT2D eigenvalue weighted by Crippen LogP contribution is -2.64. The Labute approximate surface area is 127 Å². The molecule has 2 N–H and O–H groups in total. The average molecular weight is 298 g/mol. The molecule has 122 valence electrons. The molecule has 0 radical (unpaired) electrons. The number of aliphatic hydroxyl groups excluding tert-OH is 1. The van der Waals surface area contributed by atoms with E-state index in [0.29, 0.717) is 18.8 Å². The van der Waals surface area contributed by atoms with Crippen LogP contribution in [0.5, 0.6) is 0 Å². The van der Waals surface area contributed by atoms with Gasteiger partial charge in [-0.2, -0.15) is 0 Å². The van der Waals surface area contributed by atoms with Crippen molar-refractivity contribution in [3.8, 4) is 0 Å². The van der Waals surface area contributed by atoms with Crippen LogP contribution < -0.4 is 0 Å². The molecule has 0 aromatic carbocycles. The van der Waals surface area contributed by atoms with E-state index in [2.05, 4.69) is 13.8 Å². The first-order valence-electron chi connectivity index (χ1n) is 8.17. The van der Waals surface area contributed by atoms with Crippen molar-refractivity contribution in [1.82, 2.24) is 0 Å². The summed E-state index contributed by atoms with van der Waals surface area (Å²) in [6, 6.07) is 0. The minimum Gasteiger partial charge on any atom is -0.462 e. The predicted molar refractivity (Wildman–Crippen MR) is 80.6 cm³/mol. The fourth-order valence-corrected chi connectivity index (χ4v) is 4.83. The van der Waals surface area contributed by atoms with Crippen molar-refractivity contribution in [2.45, 2.75) is 78.1 Å². The molecule has 6 unspecified atom stereocenters. The molecule has 2 fully saturated rings. The van der Waals surface area contributed by atoms with Crippen molar-refractivity contribution in [2.75, 3.05) is 0 Å². The lowest BCUT2D eigenvalue weighted by Gasteiger charge is -2.59. The number of fused-ring (bicyclic) bond motifs is 1. The predicted octanol–water partition coefficient (Wildman–Crippen LogP) is 2.51. The third-order valence-electron chi connectivity index (χ3n) is 5.99. The second-order valence-electron chi connectivity index (χ2n) is 7.92. The second-order valence-corrected chi connectivity index (χ2v) is 7.92. The van der Waals surface area contributed by atoms with Crippen molar-refractivity contribution in [3.05, 3.63) is 0 Å². The molecule has 0 heterocycles. The molecule has 2 saturated carbocycles. The number of carbonyl (C=O) groups is 1. The number of esters is 1. The highest BCUT2D eigenvalue weighted by Crippen LogP contribution is 2.57. The molecule has 0 aliphatic heterocycles. The SMILES string of the molecule is CC(=O)OC1C(C(C)C)CCC2(C)C(O)CCC(C)(O)C12. The van der Waals surface area contributed by atoms with E-state index in [0.717, 1.165) is 12.8 Å². The van der Waals surface area contributed by atoms with Crippen molar-refractivity contribution in [3.63, 3.8) is 0 Å². The molecule has 2 aliphatic carbocycles. The van der Waals surface area contributed by atoms with Crippen LogP contribution >= 0.6 is 0 Å². The first kappa shape index (κ1) is 16.8. The molecule has 2 aliphatic rings. The number of ether oxygens (including phenoxy) is 1. The number of hydrogen-bond acceptors (Lipinski definition) is 4. The summed E-state index contributed by atoms with van der Waals surface area (Å²) in [5.41, 5.74) is -1.28. The van der Waals surface area contributed by atoms with Crippen LogP contribution in [0, 0.1) is 23.2 Å². The summed E-state index contributed by atoms with van der Waals surface area (Å²) in [4.78, 5) is 11.6. The summed E-state index contributed by atoms with van der Waals surface area (Å²) in [5, 5.41) is 21.5. The highest BCUT2D eigenvalue weighted by Gasteiger charge is 2.60. The van der Waals surface area contributed by atoms with Gasteiger partial charge in [-0.15, -0.1) is 0 Å². The Balaban J connectivity index is 2.43. The lowest BCUT2D eigenvalue weighted by atomic mass is 9.50. The summed E-state index contributed by atoms with van der Waals surface area (Å²) in [6.07, 6.45) is 2.21. The molecular formula is C17H30O4.